The van der Waals surface area contributed by atoms with E-state index >= 15 is 0 Å². The molecule has 2 N–H and O–H groups in total. The van der Waals surface area contributed by atoms with Gasteiger partial charge in [-0.3, -0.25) is 19.5 Å². The number of carbonyl (C=O) groups is 1. The van der Waals surface area contributed by atoms with Gasteiger partial charge >= 0.3 is 5.69 Å². The Hall–Kier alpha value is -3.04. The molecule has 1 aromatic carbocycles. The molecule has 9 heteroatoms. The highest BCUT2D eigenvalue weighted by Crippen LogP contribution is 2.28. The standard InChI is InChI=1S/C18H14N4O3S2/c1-2-22-16(24)11-6-5-10(8-12(11)20-18(22)25)15(23)21-17-19-13(9-27-17)14-4-3-7-26-14/h3-9H,2H2,1H3,(H,20,25)(H,19,21,23). The smallest absolute Gasteiger partial charge is 0.307 e. The zero-order valence-electron chi connectivity index (χ0n) is 14.2. The Morgan fingerprint density at radius 3 is 2.85 bits per heavy atom. The highest BCUT2D eigenvalue weighted by atomic mass is 32.1. The van der Waals surface area contributed by atoms with E-state index in [9.17, 15) is 14.4 Å². The topological polar surface area (TPSA) is 96.8 Å². The van der Waals surface area contributed by atoms with Crippen LogP contribution in [-0.4, -0.2) is 20.4 Å². The number of thiophene rings is 1. The maximum Gasteiger partial charge on any atom is 0.328 e. The minimum absolute atomic E-state index is 0.281. The number of aromatic amines is 1. The Kier molecular flexibility index (Phi) is 4.46. The first-order chi connectivity index (χ1) is 13.1. The van der Waals surface area contributed by atoms with Gasteiger partial charge in [0.05, 0.1) is 21.5 Å². The van der Waals surface area contributed by atoms with Crippen LogP contribution < -0.4 is 16.6 Å². The van der Waals surface area contributed by atoms with Gasteiger partial charge < -0.3 is 4.98 Å². The maximum absolute atomic E-state index is 12.5. The summed E-state index contributed by atoms with van der Waals surface area (Å²) in [5.74, 6) is -0.357. The van der Waals surface area contributed by atoms with Crippen molar-refractivity contribution in [3.63, 3.8) is 0 Å². The van der Waals surface area contributed by atoms with Crippen molar-refractivity contribution in [2.24, 2.45) is 0 Å². The van der Waals surface area contributed by atoms with Crippen molar-refractivity contribution >= 4 is 44.6 Å². The van der Waals surface area contributed by atoms with Crippen LogP contribution in [0.2, 0.25) is 0 Å². The van der Waals surface area contributed by atoms with Gasteiger partial charge in [0.15, 0.2) is 5.13 Å². The molecule has 27 heavy (non-hydrogen) atoms. The fraction of sp³-hybridized carbons (Fsp3) is 0.111. The summed E-state index contributed by atoms with van der Waals surface area (Å²) in [6.07, 6.45) is 0. The molecule has 0 atom stereocenters. The van der Waals surface area contributed by atoms with Crippen molar-refractivity contribution in [3.8, 4) is 10.6 Å². The maximum atomic E-state index is 12.5. The number of benzene rings is 1. The molecule has 1 amide bonds. The quantitative estimate of drug-likeness (QED) is 0.552. The van der Waals surface area contributed by atoms with Crippen LogP contribution >= 0.6 is 22.7 Å². The number of fused-ring (bicyclic) bond motifs is 1. The van der Waals surface area contributed by atoms with Crippen molar-refractivity contribution in [2.45, 2.75) is 13.5 Å². The number of hydrogen-bond acceptors (Lipinski definition) is 6. The first-order valence-electron chi connectivity index (χ1n) is 8.14. The number of aromatic nitrogens is 3. The molecule has 0 saturated heterocycles. The minimum Gasteiger partial charge on any atom is -0.307 e. The van der Waals surface area contributed by atoms with Gasteiger partial charge in [0.25, 0.3) is 11.5 Å². The Morgan fingerprint density at radius 1 is 1.26 bits per heavy atom. The third-order valence-electron chi connectivity index (χ3n) is 4.06. The molecular weight excluding hydrogens is 384 g/mol. The molecule has 7 nitrogen and oxygen atoms in total. The molecule has 0 saturated carbocycles. The number of rotatable bonds is 4. The summed E-state index contributed by atoms with van der Waals surface area (Å²) in [5.41, 5.74) is 0.616. The lowest BCUT2D eigenvalue weighted by Gasteiger charge is -2.06. The lowest BCUT2D eigenvalue weighted by Crippen LogP contribution is -2.34. The number of carbonyl (C=O) groups excluding carboxylic acids is 1. The molecule has 4 rings (SSSR count). The van der Waals surface area contributed by atoms with E-state index in [1.165, 1.54) is 17.4 Å². The van der Waals surface area contributed by atoms with Gasteiger partial charge in [-0.25, -0.2) is 9.78 Å². The molecular formula is C18H14N4O3S2. The van der Waals surface area contributed by atoms with Crippen LogP contribution in [0.5, 0.6) is 0 Å². The van der Waals surface area contributed by atoms with Gasteiger partial charge in [-0.05, 0) is 36.6 Å². The van der Waals surface area contributed by atoms with Crippen LogP contribution in [-0.2, 0) is 6.54 Å². The van der Waals surface area contributed by atoms with E-state index in [4.69, 9.17) is 0 Å². The van der Waals surface area contributed by atoms with Crippen LogP contribution in [0.3, 0.4) is 0 Å². The van der Waals surface area contributed by atoms with Crippen LogP contribution in [0.4, 0.5) is 5.13 Å². The summed E-state index contributed by atoms with van der Waals surface area (Å²) in [7, 11) is 0. The fourth-order valence-electron chi connectivity index (χ4n) is 2.72. The Balaban J connectivity index is 1.63. The van der Waals surface area contributed by atoms with Gasteiger partial charge in [0, 0.05) is 17.5 Å². The predicted octanol–water partition coefficient (Wildman–Crippen LogP) is 3.15. The van der Waals surface area contributed by atoms with Gasteiger partial charge in [0.2, 0.25) is 0 Å². The number of H-pyrrole nitrogens is 1. The second-order valence-corrected chi connectivity index (χ2v) is 7.52. The molecule has 0 unspecified atom stereocenters. The zero-order valence-corrected chi connectivity index (χ0v) is 15.8. The van der Waals surface area contributed by atoms with Crippen LogP contribution in [0.15, 0.2) is 50.7 Å². The lowest BCUT2D eigenvalue weighted by atomic mass is 10.1. The van der Waals surface area contributed by atoms with Crippen molar-refractivity contribution < 1.29 is 4.79 Å². The average molecular weight is 398 g/mol. The molecule has 0 fully saturated rings. The molecule has 3 aromatic heterocycles. The highest BCUT2D eigenvalue weighted by molar-refractivity contribution is 7.16. The van der Waals surface area contributed by atoms with E-state index in [2.05, 4.69) is 15.3 Å². The molecule has 0 bridgehead atoms. The van der Waals surface area contributed by atoms with Gasteiger partial charge in [-0.1, -0.05) is 6.07 Å². The van der Waals surface area contributed by atoms with Gasteiger partial charge in [0.1, 0.15) is 0 Å². The van der Waals surface area contributed by atoms with Crippen LogP contribution in [0.1, 0.15) is 17.3 Å². The summed E-state index contributed by atoms with van der Waals surface area (Å²) in [5, 5.41) is 7.45. The summed E-state index contributed by atoms with van der Waals surface area (Å²) >= 11 is 2.91. The van der Waals surface area contributed by atoms with Crippen LogP contribution in [0.25, 0.3) is 21.5 Å². The normalized spacial score (nSPS) is 11.0. The number of thiazole rings is 1. The summed E-state index contributed by atoms with van der Waals surface area (Å²) in [4.78, 5) is 44.9. The predicted molar refractivity (Wildman–Crippen MR) is 108 cm³/mol. The second kappa shape index (κ2) is 6.93. The molecule has 0 aliphatic heterocycles. The van der Waals surface area contributed by atoms with Crippen molar-refractivity contribution in [3.05, 3.63) is 67.5 Å². The summed E-state index contributed by atoms with van der Waals surface area (Å²) in [6.45, 7) is 2.01. The Morgan fingerprint density at radius 2 is 2.11 bits per heavy atom. The van der Waals surface area contributed by atoms with E-state index in [1.807, 2.05) is 22.9 Å². The minimum atomic E-state index is -0.493. The van der Waals surface area contributed by atoms with Crippen molar-refractivity contribution in [1.29, 1.82) is 0 Å². The van der Waals surface area contributed by atoms with Crippen molar-refractivity contribution in [2.75, 3.05) is 5.32 Å². The van der Waals surface area contributed by atoms with E-state index in [-0.39, 0.29) is 18.0 Å². The van der Waals surface area contributed by atoms with Crippen LogP contribution in [0, 0.1) is 0 Å². The molecule has 0 aliphatic carbocycles. The van der Waals surface area contributed by atoms with E-state index in [1.54, 1.807) is 30.4 Å². The number of nitrogens with one attached hydrogen (secondary N) is 2. The molecule has 3 heterocycles. The first-order valence-corrected chi connectivity index (χ1v) is 9.90. The Labute approximate surface area is 161 Å². The zero-order chi connectivity index (χ0) is 19.0. The molecule has 0 aliphatic rings. The van der Waals surface area contributed by atoms with E-state index in [0.29, 0.717) is 21.6 Å². The van der Waals surface area contributed by atoms with Crippen molar-refractivity contribution in [1.82, 2.24) is 14.5 Å². The number of nitrogens with zero attached hydrogens (tertiary/aromatic N) is 2. The van der Waals surface area contributed by atoms with E-state index < -0.39 is 5.69 Å². The second-order valence-electron chi connectivity index (χ2n) is 5.71. The number of amides is 1. The highest BCUT2D eigenvalue weighted by Gasteiger charge is 2.13. The third kappa shape index (κ3) is 3.22. The van der Waals surface area contributed by atoms with E-state index in [0.717, 1.165) is 15.1 Å². The molecule has 0 radical (unpaired) electrons. The average Bonchev–Trinajstić information content (AvgIpc) is 3.33. The lowest BCUT2D eigenvalue weighted by molar-refractivity contribution is 0.102. The first kappa shape index (κ1) is 17.4. The summed E-state index contributed by atoms with van der Waals surface area (Å²) in [6, 6.07) is 8.52. The fourth-order valence-corrected chi connectivity index (χ4v) is 4.19. The number of hydrogen-bond donors (Lipinski definition) is 2. The van der Waals surface area contributed by atoms with Gasteiger partial charge in [-0.15, -0.1) is 22.7 Å². The Bertz CT molecular complexity index is 1250. The summed E-state index contributed by atoms with van der Waals surface area (Å²) < 4.78 is 1.11. The monoisotopic (exact) mass is 398 g/mol. The SMILES string of the molecule is CCn1c(=O)[nH]c2cc(C(=O)Nc3nc(-c4cccs4)cs3)ccc2c1=O. The largest absolute Gasteiger partial charge is 0.328 e. The molecule has 0 spiro atoms. The third-order valence-corrected chi connectivity index (χ3v) is 5.71. The molecule has 4 aromatic rings. The number of anilines is 1. The molecule has 136 valence electrons. The van der Waals surface area contributed by atoms with Gasteiger partial charge in [-0.2, -0.15) is 0 Å².